The van der Waals surface area contributed by atoms with Gasteiger partial charge >= 0.3 is 0 Å². The van der Waals surface area contributed by atoms with Gasteiger partial charge in [0.25, 0.3) is 0 Å². The van der Waals surface area contributed by atoms with Crippen molar-refractivity contribution in [3.63, 3.8) is 0 Å². The molecule has 0 saturated carbocycles. The van der Waals surface area contributed by atoms with Crippen LogP contribution in [0.5, 0.6) is 11.5 Å². The molecule has 4 heteroatoms. The molecule has 0 bridgehead atoms. The van der Waals surface area contributed by atoms with E-state index in [9.17, 15) is 0 Å². The highest BCUT2D eigenvalue weighted by atomic mass is 16.7. The lowest BCUT2D eigenvalue weighted by atomic mass is 10.3. The van der Waals surface area contributed by atoms with Gasteiger partial charge in [-0.25, -0.2) is 4.98 Å². The summed E-state index contributed by atoms with van der Waals surface area (Å²) in [7, 11) is 0. The van der Waals surface area contributed by atoms with Crippen LogP contribution in [0.4, 0.5) is 0 Å². The van der Waals surface area contributed by atoms with Crippen LogP contribution < -0.4 is 9.47 Å². The lowest BCUT2D eigenvalue weighted by Gasteiger charge is -1.93. The van der Waals surface area contributed by atoms with E-state index in [0.717, 1.165) is 22.5 Å². The number of nitrogens with one attached hydrogen (secondary N) is 1. The van der Waals surface area contributed by atoms with Gasteiger partial charge in [0.1, 0.15) is 0 Å². The summed E-state index contributed by atoms with van der Waals surface area (Å²) in [6, 6.07) is 3.76. The van der Waals surface area contributed by atoms with E-state index >= 15 is 0 Å². The largest absolute Gasteiger partial charge is 0.454 e. The van der Waals surface area contributed by atoms with Crippen molar-refractivity contribution in [3.05, 3.63) is 18.5 Å². The Balaban J connectivity index is 2.38. The predicted molar refractivity (Wildman–Crippen MR) is 42.2 cm³/mol. The molecule has 0 spiro atoms. The van der Waals surface area contributed by atoms with Crippen LogP contribution >= 0.6 is 0 Å². The summed E-state index contributed by atoms with van der Waals surface area (Å²) in [5.74, 6) is 1.56. The first kappa shape index (κ1) is 5.88. The fraction of sp³-hybridized carbons (Fsp3) is 0.125. The number of imidazole rings is 1. The third-order valence-corrected chi connectivity index (χ3v) is 1.91. The molecular weight excluding hydrogens is 157 g/mol. The molecule has 1 N–H and O–H groups in total. The molecular formula is C8H6N2O2. The van der Waals surface area contributed by atoms with Crippen molar-refractivity contribution in [3.8, 4) is 11.5 Å². The fourth-order valence-corrected chi connectivity index (χ4v) is 1.33. The molecule has 0 unspecified atom stereocenters. The summed E-state index contributed by atoms with van der Waals surface area (Å²) in [5.41, 5.74) is 1.87. The summed E-state index contributed by atoms with van der Waals surface area (Å²) >= 11 is 0. The molecule has 4 nitrogen and oxygen atoms in total. The molecule has 60 valence electrons. The number of hydrogen-bond acceptors (Lipinski definition) is 3. The SMILES string of the molecule is c1c2c(cc3[nH][13cH]nc13)OCO2. The number of ether oxygens (including phenoxy) is 2. The summed E-state index contributed by atoms with van der Waals surface area (Å²) in [5, 5.41) is 0. The standard InChI is InChI=1S/C8H6N2O2/c1-5-6(10-3-9-5)2-8-7(1)11-4-12-8/h1-3H,4H2,(H,9,10)/i3+1. The number of benzene rings is 1. The second-order valence-electron chi connectivity index (χ2n) is 2.63. The molecule has 0 amide bonds. The first-order valence-electron chi connectivity index (χ1n) is 3.66. The summed E-state index contributed by atoms with van der Waals surface area (Å²) < 4.78 is 10.4. The van der Waals surface area contributed by atoms with E-state index in [-0.39, 0.29) is 0 Å². The Morgan fingerprint density at radius 1 is 1.25 bits per heavy atom. The zero-order valence-corrected chi connectivity index (χ0v) is 6.20. The van der Waals surface area contributed by atoms with Crippen molar-refractivity contribution in [2.45, 2.75) is 0 Å². The Morgan fingerprint density at radius 3 is 3.00 bits per heavy atom. The average molecular weight is 163 g/mol. The highest BCUT2D eigenvalue weighted by Crippen LogP contribution is 2.34. The van der Waals surface area contributed by atoms with E-state index < -0.39 is 0 Å². The van der Waals surface area contributed by atoms with Crippen LogP contribution in [0, 0.1) is 0 Å². The molecule has 0 radical (unpaired) electrons. The molecule has 12 heavy (non-hydrogen) atoms. The number of rotatable bonds is 0. The number of fused-ring (bicyclic) bond motifs is 2. The molecule has 0 saturated heterocycles. The summed E-state index contributed by atoms with van der Waals surface area (Å²) in [6.07, 6.45) is 1.65. The zero-order valence-electron chi connectivity index (χ0n) is 6.20. The highest BCUT2D eigenvalue weighted by molar-refractivity contribution is 5.79. The van der Waals surface area contributed by atoms with E-state index in [1.807, 2.05) is 12.1 Å². The fourth-order valence-electron chi connectivity index (χ4n) is 1.33. The van der Waals surface area contributed by atoms with Gasteiger partial charge in [0.05, 0.1) is 17.4 Å². The summed E-state index contributed by atoms with van der Waals surface area (Å²) in [6.45, 7) is 0.307. The van der Waals surface area contributed by atoms with E-state index in [1.165, 1.54) is 0 Å². The van der Waals surface area contributed by atoms with Gasteiger partial charge in [0.15, 0.2) is 11.5 Å². The molecule has 0 atom stereocenters. The monoisotopic (exact) mass is 163 g/mol. The molecule has 0 fully saturated rings. The number of H-pyrrole nitrogens is 1. The van der Waals surface area contributed by atoms with Crippen LogP contribution in [-0.2, 0) is 0 Å². The molecule has 2 aromatic rings. The highest BCUT2D eigenvalue weighted by Gasteiger charge is 2.14. The second-order valence-corrected chi connectivity index (χ2v) is 2.63. The molecule has 1 aromatic carbocycles. The van der Waals surface area contributed by atoms with Gasteiger partial charge in [-0.3, -0.25) is 0 Å². The average Bonchev–Trinajstić information content (AvgIpc) is 2.64. The van der Waals surface area contributed by atoms with Gasteiger partial charge in [-0.1, -0.05) is 0 Å². The van der Waals surface area contributed by atoms with Crippen molar-refractivity contribution >= 4 is 11.0 Å². The van der Waals surface area contributed by atoms with Crippen molar-refractivity contribution in [1.82, 2.24) is 9.97 Å². The lowest BCUT2D eigenvalue weighted by Crippen LogP contribution is -1.92. The van der Waals surface area contributed by atoms with Crippen LogP contribution in [0.25, 0.3) is 11.0 Å². The van der Waals surface area contributed by atoms with Crippen molar-refractivity contribution < 1.29 is 9.47 Å². The molecule has 2 heterocycles. The lowest BCUT2D eigenvalue weighted by molar-refractivity contribution is 0.174. The van der Waals surface area contributed by atoms with E-state index in [1.54, 1.807) is 6.33 Å². The van der Waals surface area contributed by atoms with Gasteiger partial charge in [-0.15, -0.1) is 0 Å². The zero-order chi connectivity index (χ0) is 7.97. The Hall–Kier alpha value is -1.71. The Morgan fingerprint density at radius 2 is 2.08 bits per heavy atom. The minimum Gasteiger partial charge on any atom is -0.454 e. The minimum absolute atomic E-state index is 0.307. The molecule has 3 rings (SSSR count). The number of aromatic nitrogens is 2. The maximum atomic E-state index is 5.21. The van der Waals surface area contributed by atoms with Crippen molar-refractivity contribution in [2.75, 3.05) is 6.79 Å². The molecule has 0 aliphatic carbocycles. The normalized spacial score (nSPS) is 14.0. The minimum atomic E-state index is 0.307. The van der Waals surface area contributed by atoms with Crippen LogP contribution in [0.15, 0.2) is 18.5 Å². The first-order chi connectivity index (χ1) is 5.93. The van der Waals surface area contributed by atoms with Crippen LogP contribution in [-0.4, -0.2) is 16.8 Å². The Labute approximate surface area is 68.1 Å². The number of nitrogens with zero attached hydrogens (tertiary/aromatic N) is 1. The van der Waals surface area contributed by atoms with Gasteiger partial charge in [-0.05, 0) is 0 Å². The third-order valence-electron chi connectivity index (χ3n) is 1.91. The smallest absolute Gasteiger partial charge is 0.231 e. The molecule has 1 aliphatic rings. The van der Waals surface area contributed by atoms with Crippen molar-refractivity contribution in [1.29, 1.82) is 0 Å². The van der Waals surface area contributed by atoms with Crippen molar-refractivity contribution in [2.24, 2.45) is 0 Å². The maximum absolute atomic E-state index is 5.21. The van der Waals surface area contributed by atoms with E-state index in [4.69, 9.17) is 9.47 Å². The third kappa shape index (κ3) is 0.637. The van der Waals surface area contributed by atoms with Gasteiger partial charge in [0, 0.05) is 12.1 Å². The Kier molecular flexibility index (Phi) is 0.935. The number of aromatic amines is 1. The Bertz CT molecular complexity index is 398. The van der Waals surface area contributed by atoms with Crippen LogP contribution in [0.1, 0.15) is 0 Å². The number of hydrogen-bond donors (Lipinski definition) is 1. The maximum Gasteiger partial charge on any atom is 0.231 e. The van der Waals surface area contributed by atoms with Gasteiger partial charge in [0.2, 0.25) is 6.79 Å². The molecule has 1 aromatic heterocycles. The second kappa shape index (κ2) is 1.91. The topological polar surface area (TPSA) is 47.1 Å². The quantitative estimate of drug-likeness (QED) is 0.636. The van der Waals surface area contributed by atoms with E-state index in [2.05, 4.69) is 9.97 Å². The molecule has 1 aliphatic heterocycles. The summed E-state index contributed by atoms with van der Waals surface area (Å²) in [4.78, 5) is 7.11. The van der Waals surface area contributed by atoms with Gasteiger partial charge < -0.3 is 14.5 Å². The van der Waals surface area contributed by atoms with Gasteiger partial charge in [-0.2, -0.15) is 0 Å². The van der Waals surface area contributed by atoms with E-state index in [0.29, 0.717) is 6.79 Å². The first-order valence-corrected chi connectivity index (χ1v) is 3.66. The van der Waals surface area contributed by atoms with Crippen LogP contribution in [0.2, 0.25) is 0 Å². The van der Waals surface area contributed by atoms with Crippen LogP contribution in [0.3, 0.4) is 0 Å². The predicted octanol–water partition coefficient (Wildman–Crippen LogP) is 1.29.